The molecule has 1 aromatic rings. The van der Waals surface area contributed by atoms with Crippen molar-refractivity contribution in [3.8, 4) is 0 Å². The summed E-state index contributed by atoms with van der Waals surface area (Å²) in [6, 6.07) is 7.57. The first-order valence-electron chi connectivity index (χ1n) is 9.02. The number of allylic oxidation sites excluding steroid dienone is 1. The number of ether oxygens (including phenoxy) is 1. The van der Waals surface area contributed by atoms with Crippen molar-refractivity contribution in [1.29, 1.82) is 5.41 Å². The van der Waals surface area contributed by atoms with Gasteiger partial charge < -0.3 is 21.1 Å². The third kappa shape index (κ3) is 3.94. The zero-order chi connectivity index (χ0) is 18.7. The fourth-order valence-corrected chi connectivity index (χ4v) is 3.37. The van der Waals surface area contributed by atoms with E-state index in [0.29, 0.717) is 18.2 Å². The Hall–Kier alpha value is -2.25. The van der Waals surface area contributed by atoms with E-state index in [0.717, 1.165) is 31.4 Å². The van der Waals surface area contributed by atoms with Gasteiger partial charge in [0.2, 0.25) is 0 Å². The molecule has 2 heterocycles. The highest BCUT2D eigenvalue weighted by atomic mass is 19.1. The Kier molecular flexibility index (Phi) is 5.68. The second-order valence-electron chi connectivity index (χ2n) is 6.82. The molecule has 2 bridgehead atoms. The van der Waals surface area contributed by atoms with Crippen LogP contribution in [-0.2, 0) is 9.53 Å². The number of amides is 1. The standard InChI is InChI=1S/C19H25FN4O2/c1-2-3-4-14(21)16(20)17(22)19(25)24-12-7-5-11(6-8-12)18-15-9-13(26-18)10-23-15/h5-8,13,15,18,22-23H,2-4,9-10,21H2,1H3,(H,24,25)/b16-14+,22-17?/t13-,15-,18+/m1/s1. The Morgan fingerprint density at radius 1 is 1.42 bits per heavy atom. The molecule has 0 aromatic heterocycles. The fraction of sp³-hybridized carbons (Fsp3) is 0.474. The molecule has 0 spiro atoms. The minimum absolute atomic E-state index is 0.0236. The van der Waals surface area contributed by atoms with Crippen molar-refractivity contribution in [2.24, 2.45) is 5.73 Å². The van der Waals surface area contributed by atoms with E-state index in [1.165, 1.54) is 0 Å². The van der Waals surface area contributed by atoms with E-state index in [1.807, 2.05) is 19.1 Å². The van der Waals surface area contributed by atoms with Gasteiger partial charge in [-0.3, -0.25) is 10.2 Å². The van der Waals surface area contributed by atoms with Crippen LogP contribution in [0, 0.1) is 5.41 Å². The van der Waals surface area contributed by atoms with E-state index < -0.39 is 17.4 Å². The summed E-state index contributed by atoms with van der Waals surface area (Å²) in [6.45, 7) is 2.86. The van der Waals surface area contributed by atoms with Crippen molar-refractivity contribution in [2.75, 3.05) is 11.9 Å². The minimum atomic E-state index is -0.950. The molecule has 2 saturated heterocycles. The average Bonchev–Trinajstić information content (AvgIpc) is 3.29. The molecule has 2 aliphatic rings. The summed E-state index contributed by atoms with van der Waals surface area (Å²) in [5, 5.41) is 13.7. The van der Waals surface area contributed by atoms with Crippen molar-refractivity contribution in [2.45, 2.75) is 50.9 Å². The van der Waals surface area contributed by atoms with Crippen LogP contribution in [0.3, 0.4) is 0 Å². The number of halogens is 1. The highest BCUT2D eigenvalue weighted by molar-refractivity contribution is 6.47. The maximum Gasteiger partial charge on any atom is 0.276 e. The number of rotatable bonds is 7. The van der Waals surface area contributed by atoms with E-state index in [4.69, 9.17) is 15.9 Å². The highest BCUT2D eigenvalue weighted by Crippen LogP contribution is 2.37. The minimum Gasteiger partial charge on any atom is -0.400 e. The first-order chi connectivity index (χ1) is 12.5. The maximum absolute atomic E-state index is 14.1. The molecule has 2 aliphatic heterocycles. The third-order valence-corrected chi connectivity index (χ3v) is 4.85. The number of unbranched alkanes of at least 4 members (excludes halogenated alkanes) is 1. The lowest BCUT2D eigenvalue weighted by Crippen LogP contribution is -2.34. The molecule has 6 nitrogen and oxygen atoms in total. The van der Waals surface area contributed by atoms with Crippen LogP contribution in [0.1, 0.15) is 44.3 Å². The van der Waals surface area contributed by atoms with Crippen LogP contribution in [0.4, 0.5) is 10.1 Å². The van der Waals surface area contributed by atoms with Gasteiger partial charge in [-0.2, -0.15) is 0 Å². The van der Waals surface area contributed by atoms with Gasteiger partial charge in [0.15, 0.2) is 11.5 Å². The van der Waals surface area contributed by atoms with Crippen LogP contribution < -0.4 is 16.4 Å². The van der Waals surface area contributed by atoms with E-state index >= 15 is 0 Å². The number of nitrogens with two attached hydrogens (primary N) is 1. The number of hydrogen-bond donors (Lipinski definition) is 4. The molecule has 7 heteroatoms. The van der Waals surface area contributed by atoms with Gasteiger partial charge >= 0.3 is 0 Å². The molecule has 5 N–H and O–H groups in total. The molecular formula is C19H25FN4O2. The number of nitrogens with one attached hydrogen (secondary N) is 3. The first-order valence-corrected chi connectivity index (χ1v) is 9.02. The second-order valence-corrected chi connectivity index (χ2v) is 6.82. The smallest absolute Gasteiger partial charge is 0.276 e. The summed E-state index contributed by atoms with van der Waals surface area (Å²) in [5.74, 6) is -1.76. The summed E-state index contributed by atoms with van der Waals surface area (Å²) in [6.07, 6.45) is 3.24. The van der Waals surface area contributed by atoms with Crippen LogP contribution in [0.25, 0.3) is 0 Å². The number of fused-ring (bicyclic) bond motifs is 2. The summed E-state index contributed by atoms with van der Waals surface area (Å²) in [4.78, 5) is 12.1. The Morgan fingerprint density at radius 3 is 2.73 bits per heavy atom. The molecule has 1 amide bonds. The van der Waals surface area contributed by atoms with Gasteiger partial charge in [0, 0.05) is 24.0 Å². The summed E-state index contributed by atoms with van der Waals surface area (Å²) >= 11 is 0. The van der Waals surface area contributed by atoms with Crippen molar-refractivity contribution >= 4 is 17.3 Å². The largest absolute Gasteiger partial charge is 0.400 e. The lowest BCUT2D eigenvalue weighted by molar-refractivity contribution is -0.110. The molecule has 140 valence electrons. The maximum atomic E-state index is 14.1. The Balaban J connectivity index is 1.60. The Labute approximate surface area is 152 Å². The van der Waals surface area contributed by atoms with Crippen molar-refractivity contribution < 1.29 is 13.9 Å². The van der Waals surface area contributed by atoms with Gasteiger partial charge in [0.25, 0.3) is 5.91 Å². The molecule has 0 aliphatic carbocycles. The number of carbonyl (C=O) groups is 1. The SMILES string of the molecule is CCCC/C(N)=C(\F)C(=N)C(=O)Nc1ccc([C@@H]2O[C@H]3CN[C@@H]2C3)cc1. The number of hydrogen-bond acceptors (Lipinski definition) is 5. The van der Waals surface area contributed by atoms with Crippen LogP contribution in [0.5, 0.6) is 0 Å². The molecule has 3 rings (SSSR count). The van der Waals surface area contributed by atoms with Gasteiger partial charge in [-0.1, -0.05) is 25.5 Å². The summed E-state index contributed by atoms with van der Waals surface area (Å²) in [7, 11) is 0. The van der Waals surface area contributed by atoms with Crippen LogP contribution in [-0.4, -0.2) is 30.3 Å². The van der Waals surface area contributed by atoms with Gasteiger partial charge in [0.05, 0.1) is 12.2 Å². The number of carbonyl (C=O) groups excluding carboxylic acids is 1. The van der Waals surface area contributed by atoms with Gasteiger partial charge in [0.1, 0.15) is 0 Å². The van der Waals surface area contributed by atoms with Gasteiger partial charge in [-0.05, 0) is 37.0 Å². The lowest BCUT2D eigenvalue weighted by atomic mass is 10.0. The number of morpholine rings is 1. The van der Waals surface area contributed by atoms with Crippen molar-refractivity contribution in [3.05, 3.63) is 41.4 Å². The summed E-state index contributed by atoms with van der Waals surface area (Å²) in [5.41, 5.74) is 6.35. The topological polar surface area (TPSA) is 100 Å². The monoisotopic (exact) mass is 360 g/mol. The second kappa shape index (κ2) is 7.97. The van der Waals surface area contributed by atoms with E-state index in [2.05, 4.69) is 10.6 Å². The van der Waals surface area contributed by atoms with Crippen molar-refractivity contribution in [3.63, 3.8) is 0 Å². The molecule has 2 fully saturated rings. The van der Waals surface area contributed by atoms with Crippen LogP contribution in [0.15, 0.2) is 35.8 Å². The zero-order valence-electron chi connectivity index (χ0n) is 14.8. The Morgan fingerprint density at radius 2 is 2.15 bits per heavy atom. The quantitative estimate of drug-likeness (QED) is 0.562. The molecular weight excluding hydrogens is 335 g/mol. The van der Waals surface area contributed by atoms with Crippen molar-refractivity contribution in [1.82, 2.24) is 5.32 Å². The molecule has 3 atom stereocenters. The molecule has 0 saturated carbocycles. The molecule has 26 heavy (non-hydrogen) atoms. The van der Waals surface area contributed by atoms with E-state index in [9.17, 15) is 9.18 Å². The lowest BCUT2D eigenvalue weighted by Gasteiger charge is -2.23. The van der Waals surface area contributed by atoms with Gasteiger partial charge in [-0.15, -0.1) is 0 Å². The predicted octanol–water partition coefficient (Wildman–Crippen LogP) is 2.78. The molecule has 1 aromatic carbocycles. The zero-order valence-corrected chi connectivity index (χ0v) is 14.8. The predicted molar refractivity (Wildman–Crippen MR) is 98.7 cm³/mol. The molecule has 0 unspecified atom stereocenters. The van der Waals surface area contributed by atoms with Crippen LogP contribution >= 0.6 is 0 Å². The van der Waals surface area contributed by atoms with E-state index in [1.54, 1.807) is 12.1 Å². The fourth-order valence-electron chi connectivity index (χ4n) is 3.37. The van der Waals surface area contributed by atoms with Crippen LogP contribution in [0.2, 0.25) is 0 Å². The summed E-state index contributed by atoms with van der Waals surface area (Å²) < 4.78 is 20.0. The average molecular weight is 360 g/mol. The van der Waals surface area contributed by atoms with Gasteiger partial charge in [-0.25, -0.2) is 4.39 Å². The number of benzene rings is 1. The Bertz CT molecular complexity index is 717. The molecule has 0 radical (unpaired) electrons. The van der Waals surface area contributed by atoms with E-state index in [-0.39, 0.29) is 17.9 Å². The number of anilines is 1. The normalized spacial score (nSPS) is 25.1. The first kappa shape index (κ1) is 18.5. The highest BCUT2D eigenvalue weighted by Gasteiger charge is 2.41. The third-order valence-electron chi connectivity index (χ3n) is 4.85.